The molecule has 0 spiro atoms. The number of fused-ring (bicyclic) bond motifs is 1. The van der Waals surface area contributed by atoms with Gasteiger partial charge in [0, 0.05) is 17.9 Å². The van der Waals surface area contributed by atoms with Gasteiger partial charge in [-0.25, -0.2) is 4.39 Å². The van der Waals surface area contributed by atoms with Crippen LogP contribution in [0.4, 0.5) is 15.8 Å². The van der Waals surface area contributed by atoms with E-state index in [0.717, 1.165) is 24.2 Å². The highest BCUT2D eigenvalue weighted by atomic mass is 19.1. The number of benzene rings is 2. The van der Waals surface area contributed by atoms with Gasteiger partial charge in [-0.1, -0.05) is 11.6 Å². The van der Waals surface area contributed by atoms with Gasteiger partial charge in [0.05, 0.1) is 5.56 Å². The van der Waals surface area contributed by atoms with Crippen molar-refractivity contribution in [2.45, 2.75) is 13.3 Å². The molecule has 3 nitrogen and oxygen atoms in total. The molecular weight excluding hydrogens is 255 g/mol. The lowest BCUT2D eigenvalue weighted by molar-refractivity contribution is 0.102. The number of carbonyl (C=O) groups is 1. The summed E-state index contributed by atoms with van der Waals surface area (Å²) in [4.78, 5) is 12.1. The molecule has 1 aliphatic rings. The summed E-state index contributed by atoms with van der Waals surface area (Å²) in [6.07, 6.45) is 0.942. The number of aryl methyl sites for hydroxylation is 1. The molecule has 2 N–H and O–H groups in total. The van der Waals surface area contributed by atoms with E-state index in [0.29, 0.717) is 5.69 Å². The number of hydrogen-bond acceptors (Lipinski definition) is 2. The normalized spacial score (nSPS) is 12.7. The molecule has 1 aliphatic heterocycles. The van der Waals surface area contributed by atoms with E-state index in [4.69, 9.17) is 0 Å². The minimum Gasteiger partial charge on any atom is -0.384 e. The van der Waals surface area contributed by atoms with Crippen molar-refractivity contribution in [1.29, 1.82) is 0 Å². The lowest BCUT2D eigenvalue weighted by Gasteiger charge is -2.08. The standard InChI is InChI=1S/C16H15FN2O/c1-10-2-4-14(17)13(8-10)16(20)19-12-3-5-15-11(9-12)6-7-18-15/h2-5,8-9,18H,6-7H2,1H3,(H,19,20). The number of carbonyl (C=O) groups excluding carboxylic acids is 1. The summed E-state index contributed by atoms with van der Waals surface area (Å²) in [6.45, 7) is 2.75. The first-order chi connectivity index (χ1) is 9.63. The van der Waals surface area contributed by atoms with Gasteiger partial charge >= 0.3 is 0 Å². The van der Waals surface area contributed by atoms with Gasteiger partial charge in [0.25, 0.3) is 5.91 Å². The Morgan fingerprint density at radius 1 is 1.25 bits per heavy atom. The van der Waals surface area contributed by atoms with E-state index in [1.54, 1.807) is 12.1 Å². The molecule has 4 heteroatoms. The molecule has 1 amide bonds. The van der Waals surface area contributed by atoms with Crippen molar-refractivity contribution >= 4 is 17.3 Å². The predicted molar refractivity (Wildman–Crippen MR) is 77.7 cm³/mol. The Balaban J connectivity index is 1.84. The molecule has 0 saturated carbocycles. The largest absolute Gasteiger partial charge is 0.384 e. The average molecular weight is 270 g/mol. The zero-order chi connectivity index (χ0) is 14.1. The van der Waals surface area contributed by atoms with Gasteiger partial charge < -0.3 is 10.6 Å². The van der Waals surface area contributed by atoms with Crippen LogP contribution in [0.3, 0.4) is 0 Å². The monoisotopic (exact) mass is 270 g/mol. The lowest BCUT2D eigenvalue weighted by Crippen LogP contribution is -2.14. The third kappa shape index (κ3) is 2.37. The third-order valence-electron chi connectivity index (χ3n) is 3.44. The van der Waals surface area contributed by atoms with Crippen LogP contribution in [0, 0.1) is 12.7 Å². The molecule has 0 radical (unpaired) electrons. The smallest absolute Gasteiger partial charge is 0.258 e. The van der Waals surface area contributed by atoms with E-state index in [9.17, 15) is 9.18 Å². The van der Waals surface area contributed by atoms with Crippen LogP contribution >= 0.6 is 0 Å². The number of anilines is 2. The minimum absolute atomic E-state index is 0.0728. The molecule has 0 unspecified atom stereocenters. The Hall–Kier alpha value is -2.36. The van der Waals surface area contributed by atoms with Crippen molar-refractivity contribution in [1.82, 2.24) is 0 Å². The third-order valence-corrected chi connectivity index (χ3v) is 3.44. The fourth-order valence-corrected chi connectivity index (χ4v) is 2.39. The van der Waals surface area contributed by atoms with E-state index in [2.05, 4.69) is 10.6 Å². The van der Waals surface area contributed by atoms with Gasteiger partial charge in [-0.3, -0.25) is 4.79 Å². The van der Waals surface area contributed by atoms with Crippen molar-refractivity contribution in [3.63, 3.8) is 0 Å². The van der Waals surface area contributed by atoms with Crippen LogP contribution in [0.25, 0.3) is 0 Å². The van der Waals surface area contributed by atoms with Gasteiger partial charge in [0.15, 0.2) is 0 Å². The van der Waals surface area contributed by atoms with Crippen molar-refractivity contribution in [3.05, 3.63) is 58.9 Å². The Morgan fingerprint density at radius 2 is 2.10 bits per heavy atom. The molecule has 2 aromatic rings. The molecule has 0 atom stereocenters. The van der Waals surface area contributed by atoms with Crippen LogP contribution in [0.2, 0.25) is 0 Å². The summed E-state index contributed by atoms with van der Waals surface area (Å²) in [5, 5.41) is 6.01. The molecule has 0 aromatic heterocycles. The SMILES string of the molecule is Cc1ccc(F)c(C(=O)Nc2ccc3c(c2)CCN3)c1. The fraction of sp³-hybridized carbons (Fsp3) is 0.188. The van der Waals surface area contributed by atoms with Gasteiger partial charge in [0.1, 0.15) is 5.82 Å². The summed E-state index contributed by atoms with van der Waals surface area (Å²) in [5.41, 5.74) is 3.90. The highest BCUT2D eigenvalue weighted by Gasteiger charge is 2.14. The van der Waals surface area contributed by atoms with Crippen molar-refractivity contribution in [2.24, 2.45) is 0 Å². The highest BCUT2D eigenvalue weighted by molar-refractivity contribution is 6.04. The zero-order valence-corrected chi connectivity index (χ0v) is 11.2. The number of amides is 1. The molecule has 0 bridgehead atoms. The highest BCUT2D eigenvalue weighted by Crippen LogP contribution is 2.25. The summed E-state index contributed by atoms with van der Waals surface area (Å²) < 4.78 is 13.7. The van der Waals surface area contributed by atoms with Gasteiger partial charge in [-0.2, -0.15) is 0 Å². The summed E-state index contributed by atoms with van der Waals surface area (Å²) in [6, 6.07) is 10.2. The van der Waals surface area contributed by atoms with Crippen molar-refractivity contribution in [2.75, 3.05) is 17.2 Å². The molecule has 20 heavy (non-hydrogen) atoms. The minimum atomic E-state index is -0.504. The maximum Gasteiger partial charge on any atom is 0.258 e. The molecular formula is C16H15FN2O. The predicted octanol–water partition coefficient (Wildman–Crippen LogP) is 3.35. The molecule has 1 heterocycles. The fourth-order valence-electron chi connectivity index (χ4n) is 2.39. The van der Waals surface area contributed by atoms with Crippen LogP contribution in [-0.2, 0) is 6.42 Å². The van der Waals surface area contributed by atoms with Crippen LogP contribution in [0.1, 0.15) is 21.5 Å². The molecule has 2 aromatic carbocycles. The molecule has 0 fully saturated rings. The summed E-state index contributed by atoms with van der Waals surface area (Å²) >= 11 is 0. The van der Waals surface area contributed by atoms with Crippen LogP contribution in [0.5, 0.6) is 0 Å². The lowest BCUT2D eigenvalue weighted by atomic mass is 10.1. The number of rotatable bonds is 2. The Kier molecular flexibility index (Phi) is 3.14. The van der Waals surface area contributed by atoms with Gasteiger partial charge in [-0.05, 0) is 49.2 Å². The van der Waals surface area contributed by atoms with E-state index < -0.39 is 11.7 Å². The maximum absolute atomic E-state index is 13.7. The second-order valence-corrected chi connectivity index (χ2v) is 4.99. The molecule has 0 saturated heterocycles. The average Bonchev–Trinajstić information content (AvgIpc) is 2.89. The summed E-state index contributed by atoms with van der Waals surface area (Å²) in [5.74, 6) is -0.923. The Labute approximate surface area is 116 Å². The van der Waals surface area contributed by atoms with Crippen LogP contribution in [-0.4, -0.2) is 12.5 Å². The number of hydrogen-bond donors (Lipinski definition) is 2. The van der Waals surface area contributed by atoms with Gasteiger partial charge in [0.2, 0.25) is 0 Å². The van der Waals surface area contributed by atoms with E-state index >= 15 is 0 Å². The van der Waals surface area contributed by atoms with Crippen LogP contribution in [0.15, 0.2) is 36.4 Å². The van der Waals surface area contributed by atoms with E-state index in [-0.39, 0.29) is 5.56 Å². The van der Waals surface area contributed by atoms with Gasteiger partial charge in [-0.15, -0.1) is 0 Å². The first-order valence-corrected chi connectivity index (χ1v) is 6.58. The first kappa shape index (κ1) is 12.7. The van der Waals surface area contributed by atoms with E-state index in [1.165, 1.54) is 11.6 Å². The van der Waals surface area contributed by atoms with E-state index in [1.807, 2.05) is 25.1 Å². The topological polar surface area (TPSA) is 41.1 Å². The van der Waals surface area contributed by atoms with Crippen LogP contribution < -0.4 is 10.6 Å². The second-order valence-electron chi connectivity index (χ2n) is 4.99. The molecule has 102 valence electrons. The second kappa shape index (κ2) is 4.96. The number of halogens is 1. The van der Waals surface area contributed by atoms with Crippen molar-refractivity contribution < 1.29 is 9.18 Å². The van der Waals surface area contributed by atoms with Crippen molar-refractivity contribution in [3.8, 4) is 0 Å². The molecule has 0 aliphatic carbocycles. The summed E-state index contributed by atoms with van der Waals surface area (Å²) in [7, 11) is 0. The Bertz CT molecular complexity index is 682. The molecule has 3 rings (SSSR count). The number of nitrogens with one attached hydrogen (secondary N) is 2. The Morgan fingerprint density at radius 3 is 2.95 bits per heavy atom. The first-order valence-electron chi connectivity index (χ1n) is 6.58. The zero-order valence-electron chi connectivity index (χ0n) is 11.2. The quantitative estimate of drug-likeness (QED) is 0.878. The maximum atomic E-state index is 13.7.